The van der Waals surface area contributed by atoms with Crippen molar-refractivity contribution in [3.63, 3.8) is 0 Å². The molecule has 0 saturated heterocycles. The van der Waals surface area contributed by atoms with Crippen molar-refractivity contribution in [1.82, 2.24) is 15.0 Å². The average molecular weight is 441 g/mol. The lowest BCUT2D eigenvalue weighted by Crippen LogP contribution is -2.40. The standard InChI is InChI=1S/C17H21BrN4O3S/c1-17(2,3)22-26(24,25)15-10-12(7-8-14(15)18)21-16(23)20-11-13-6-4-5-9-19-13/h4-10,22H,11H2,1-3H3,(H2,20,21,23). The number of rotatable bonds is 5. The zero-order chi connectivity index (χ0) is 19.4. The number of anilines is 1. The van der Waals surface area contributed by atoms with Gasteiger partial charge < -0.3 is 10.6 Å². The molecule has 0 aliphatic heterocycles. The van der Waals surface area contributed by atoms with Gasteiger partial charge in [0.1, 0.15) is 0 Å². The number of hydrogen-bond donors (Lipinski definition) is 3. The molecule has 0 radical (unpaired) electrons. The van der Waals surface area contributed by atoms with E-state index in [1.165, 1.54) is 6.07 Å². The number of benzene rings is 1. The Morgan fingerprint density at radius 1 is 1.19 bits per heavy atom. The van der Waals surface area contributed by atoms with Crippen LogP contribution in [0.25, 0.3) is 0 Å². The minimum Gasteiger partial charge on any atom is -0.332 e. The van der Waals surface area contributed by atoms with Crippen molar-refractivity contribution in [3.8, 4) is 0 Å². The van der Waals surface area contributed by atoms with Crippen LogP contribution in [0.2, 0.25) is 0 Å². The molecule has 0 aliphatic rings. The second-order valence-electron chi connectivity index (χ2n) is 6.63. The Bertz CT molecular complexity index is 881. The van der Waals surface area contributed by atoms with Gasteiger partial charge in [-0.05, 0) is 67.0 Å². The zero-order valence-corrected chi connectivity index (χ0v) is 17.1. The predicted molar refractivity (Wildman–Crippen MR) is 104 cm³/mol. The van der Waals surface area contributed by atoms with Gasteiger partial charge in [0, 0.05) is 21.9 Å². The van der Waals surface area contributed by atoms with Crippen LogP contribution < -0.4 is 15.4 Å². The Morgan fingerprint density at radius 3 is 2.54 bits per heavy atom. The fraction of sp³-hybridized carbons (Fsp3) is 0.294. The van der Waals surface area contributed by atoms with E-state index in [2.05, 4.69) is 36.3 Å². The molecule has 2 amide bonds. The number of aromatic nitrogens is 1. The van der Waals surface area contributed by atoms with Gasteiger partial charge in [-0.25, -0.2) is 17.9 Å². The quantitative estimate of drug-likeness (QED) is 0.663. The van der Waals surface area contributed by atoms with Crippen LogP contribution in [0.3, 0.4) is 0 Å². The van der Waals surface area contributed by atoms with Crippen molar-refractivity contribution in [1.29, 1.82) is 0 Å². The third kappa shape index (κ3) is 6.08. The second kappa shape index (κ2) is 8.15. The lowest BCUT2D eigenvalue weighted by atomic mass is 10.1. The van der Waals surface area contributed by atoms with E-state index in [-0.39, 0.29) is 11.4 Å². The SMILES string of the molecule is CC(C)(C)NS(=O)(=O)c1cc(NC(=O)NCc2ccccn2)ccc1Br. The van der Waals surface area contributed by atoms with Gasteiger partial charge >= 0.3 is 6.03 Å². The Morgan fingerprint density at radius 2 is 1.92 bits per heavy atom. The zero-order valence-electron chi connectivity index (χ0n) is 14.7. The second-order valence-corrected chi connectivity index (χ2v) is 9.13. The van der Waals surface area contributed by atoms with E-state index in [1.807, 2.05) is 6.07 Å². The molecule has 2 rings (SSSR count). The Kier molecular flexibility index (Phi) is 6.38. The van der Waals surface area contributed by atoms with Crippen molar-refractivity contribution in [3.05, 3.63) is 52.8 Å². The summed E-state index contributed by atoms with van der Waals surface area (Å²) >= 11 is 3.25. The highest BCUT2D eigenvalue weighted by molar-refractivity contribution is 9.10. The summed E-state index contributed by atoms with van der Waals surface area (Å²) in [6.45, 7) is 5.53. The molecular formula is C17H21BrN4O3S. The molecule has 0 aliphatic carbocycles. The van der Waals surface area contributed by atoms with Crippen molar-refractivity contribution in [2.45, 2.75) is 37.8 Å². The minimum absolute atomic E-state index is 0.0509. The summed E-state index contributed by atoms with van der Waals surface area (Å²) in [5.41, 5.74) is 0.457. The smallest absolute Gasteiger partial charge is 0.319 e. The van der Waals surface area contributed by atoms with E-state index >= 15 is 0 Å². The predicted octanol–water partition coefficient (Wildman–Crippen LogP) is 3.24. The van der Waals surface area contributed by atoms with E-state index in [0.717, 1.165) is 5.69 Å². The first-order valence-corrected chi connectivity index (χ1v) is 10.1. The molecular weight excluding hydrogens is 420 g/mol. The summed E-state index contributed by atoms with van der Waals surface area (Å²) in [5.74, 6) is 0. The van der Waals surface area contributed by atoms with E-state index in [0.29, 0.717) is 10.2 Å². The lowest BCUT2D eigenvalue weighted by Gasteiger charge is -2.21. The summed E-state index contributed by atoms with van der Waals surface area (Å²) < 4.78 is 28.1. The van der Waals surface area contributed by atoms with Crippen LogP contribution in [0.5, 0.6) is 0 Å². The van der Waals surface area contributed by atoms with Crippen LogP contribution in [0, 0.1) is 0 Å². The molecule has 7 nitrogen and oxygen atoms in total. The molecule has 1 aromatic heterocycles. The maximum atomic E-state index is 12.5. The van der Waals surface area contributed by atoms with E-state index in [9.17, 15) is 13.2 Å². The summed E-state index contributed by atoms with van der Waals surface area (Å²) in [4.78, 5) is 16.2. The highest BCUT2D eigenvalue weighted by Gasteiger charge is 2.24. The van der Waals surface area contributed by atoms with Crippen LogP contribution in [0.4, 0.5) is 10.5 Å². The van der Waals surface area contributed by atoms with Crippen molar-refractivity contribution in [2.24, 2.45) is 0 Å². The monoisotopic (exact) mass is 440 g/mol. The highest BCUT2D eigenvalue weighted by Crippen LogP contribution is 2.26. The molecule has 140 valence electrons. The van der Waals surface area contributed by atoms with Gasteiger partial charge in [-0.1, -0.05) is 6.07 Å². The fourth-order valence-electron chi connectivity index (χ4n) is 2.09. The third-order valence-electron chi connectivity index (χ3n) is 3.08. The van der Waals surface area contributed by atoms with Gasteiger partial charge in [0.25, 0.3) is 0 Å². The van der Waals surface area contributed by atoms with Crippen LogP contribution in [0.15, 0.2) is 52.0 Å². The summed E-state index contributed by atoms with van der Waals surface area (Å²) in [6, 6.07) is 9.55. The van der Waals surface area contributed by atoms with Gasteiger partial charge in [0.05, 0.1) is 17.1 Å². The Balaban J connectivity index is 2.10. The number of halogens is 1. The number of nitrogens with one attached hydrogen (secondary N) is 3. The van der Waals surface area contributed by atoms with Gasteiger partial charge in [0.15, 0.2) is 0 Å². The topological polar surface area (TPSA) is 100 Å². The van der Waals surface area contributed by atoms with Gasteiger partial charge in [0.2, 0.25) is 10.0 Å². The lowest BCUT2D eigenvalue weighted by molar-refractivity contribution is 0.251. The third-order valence-corrected chi connectivity index (χ3v) is 5.83. The first-order valence-electron chi connectivity index (χ1n) is 7.85. The fourth-order valence-corrected chi connectivity index (χ4v) is 4.50. The summed E-state index contributed by atoms with van der Waals surface area (Å²) in [7, 11) is -3.74. The van der Waals surface area contributed by atoms with E-state index < -0.39 is 21.6 Å². The maximum absolute atomic E-state index is 12.5. The molecule has 9 heteroatoms. The number of amides is 2. The maximum Gasteiger partial charge on any atom is 0.319 e. The van der Waals surface area contributed by atoms with Gasteiger partial charge in [-0.2, -0.15) is 0 Å². The minimum atomic E-state index is -3.74. The van der Waals surface area contributed by atoms with E-state index in [4.69, 9.17) is 0 Å². The molecule has 0 unspecified atom stereocenters. The van der Waals surface area contributed by atoms with Crippen LogP contribution in [-0.4, -0.2) is 25.0 Å². The largest absolute Gasteiger partial charge is 0.332 e. The normalized spacial score (nSPS) is 11.8. The van der Waals surface area contributed by atoms with Gasteiger partial charge in [-0.15, -0.1) is 0 Å². The van der Waals surface area contributed by atoms with Crippen LogP contribution >= 0.6 is 15.9 Å². The molecule has 0 fully saturated rings. The van der Waals surface area contributed by atoms with Crippen molar-refractivity contribution < 1.29 is 13.2 Å². The molecule has 0 saturated carbocycles. The molecule has 0 atom stereocenters. The summed E-state index contributed by atoms with van der Waals surface area (Å²) in [6.07, 6.45) is 1.64. The average Bonchev–Trinajstić information content (AvgIpc) is 2.53. The van der Waals surface area contributed by atoms with Gasteiger partial charge in [-0.3, -0.25) is 4.98 Å². The molecule has 2 aromatic rings. The molecule has 26 heavy (non-hydrogen) atoms. The number of hydrogen-bond acceptors (Lipinski definition) is 4. The first kappa shape index (κ1) is 20.3. The molecule has 0 spiro atoms. The highest BCUT2D eigenvalue weighted by atomic mass is 79.9. The Hall–Kier alpha value is -1.97. The number of carbonyl (C=O) groups is 1. The summed E-state index contributed by atoms with van der Waals surface area (Å²) in [5, 5.41) is 5.29. The number of sulfonamides is 1. The number of carbonyl (C=O) groups excluding carboxylic acids is 1. The van der Waals surface area contributed by atoms with Crippen LogP contribution in [0.1, 0.15) is 26.5 Å². The van der Waals surface area contributed by atoms with Crippen LogP contribution in [-0.2, 0) is 16.6 Å². The van der Waals surface area contributed by atoms with E-state index in [1.54, 1.807) is 51.2 Å². The number of pyridine rings is 1. The molecule has 0 bridgehead atoms. The van der Waals surface area contributed by atoms with Crippen molar-refractivity contribution >= 4 is 37.7 Å². The molecule has 1 aromatic carbocycles. The first-order chi connectivity index (χ1) is 12.1. The number of nitrogens with zero attached hydrogens (tertiary/aromatic N) is 1. The number of urea groups is 1. The van der Waals surface area contributed by atoms with Crippen molar-refractivity contribution in [2.75, 3.05) is 5.32 Å². The Labute approximate surface area is 161 Å². The molecule has 3 N–H and O–H groups in total. The molecule has 1 heterocycles.